The lowest BCUT2D eigenvalue weighted by molar-refractivity contribution is 0.683. The van der Waals surface area contributed by atoms with Gasteiger partial charge in [-0.05, 0) is 19.1 Å². The summed E-state index contributed by atoms with van der Waals surface area (Å²) in [5.74, 6) is 0. The third kappa shape index (κ3) is 3.11. The Hall–Kier alpha value is -1.26. The molecule has 78 valence electrons. The van der Waals surface area contributed by atoms with Gasteiger partial charge in [-0.2, -0.15) is 0 Å². The van der Waals surface area contributed by atoms with Crippen LogP contribution in [0.4, 0.5) is 0 Å². The lowest BCUT2D eigenvalue weighted by atomic mass is 10.4. The highest BCUT2D eigenvalue weighted by molar-refractivity contribution is 7.11. The Morgan fingerprint density at radius 1 is 1.27 bits per heavy atom. The Morgan fingerprint density at radius 3 is 2.87 bits per heavy atom. The van der Waals surface area contributed by atoms with E-state index in [4.69, 9.17) is 0 Å². The second kappa shape index (κ2) is 5.00. The van der Waals surface area contributed by atoms with E-state index in [0.29, 0.717) is 0 Å². The largest absolute Gasteiger partial charge is 0.306 e. The second-order valence-corrected chi connectivity index (χ2v) is 4.69. The summed E-state index contributed by atoms with van der Waals surface area (Å²) in [5.41, 5.74) is 0.978. The normalized spacial score (nSPS) is 10.5. The van der Waals surface area contributed by atoms with Crippen LogP contribution >= 0.6 is 11.3 Å². The Morgan fingerprint density at radius 2 is 2.20 bits per heavy atom. The van der Waals surface area contributed by atoms with Gasteiger partial charge in [0.2, 0.25) is 0 Å². The van der Waals surface area contributed by atoms with Gasteiger partial charge in [0.25, 0.3) is 0 Å². The number of aryl methyl sites for hydroxylation is 1. The minimum atomic E-state index is 0.769. The van der Waals surface area contributed by atoms with E-state index in [1.165, 1.54) is 9.75 Å². The van der Waals surface area contributed by atoms with Crippen molar-refractivity contribution in [3.63, 3.8) is 0 Å². The molecule has 0 saturated heterocycles. The fourth-order valence-electron chi connectivity index (χ4n) is 1.32. The number of rotatable bonds is 4. The van der Waals surface area contributed by atoms with Gasteiger partial charge in [-0.15, -0.1) is 11.3 Å². The predicted molar refractivity (Wildman–Crippen MR) is 61.6 cm³/mol. The Labute approximate surface area is 93.2 Å². The Bertz CT molecular complexity index is 411. The van der Waals surface area contributed by atoms with E-state index in [2.05, 4.69) is 34.3 Å². The van der Waals surface area contributed by atoms with Crippen LogP contribution in [0.3, 0.4) is 0 Å². The predicted octanol–water partition coefficient (Wildman–Crippen LogP) is 2.14. The van der Waals surface area contributed by atoms with Crippen molar-refractivity contribution < 1.29 is 0 Å². The molecule has 2 rings (SSSR count). The summed E-state index contributed by atoms with van der Waals surface area (Å²) < 4.78 is 0. The van der Waals surface area contributed by atoms with Crippen molar-refractivity contribution in [2.75, 3.05) is 0 Å². The Kier molecular flexibility index (Phi) is 3.42. The molecule has 0 aromatic carbocycles. The van der Waals surface area contributed by atoms with E-state index in [1.807, 2.05) is 11.3 Å². The molecule has 2 heterocycles. The lowest BCUT2D eigenvalue weighted by Crippen LogP contribution is -2.12. The zero-order valence-corrected chi connectivity index (χ0v) is 9.42. The van der Waals surface area contributed by atoms with Gasteiger partial charge in [0.05, 0.1) is 5.69 Å². The van der Waals surface area contributed by atoms with Crippen molar-refractivity contribution in [2.45, 2.75) is 20.0 Å². The molecule has 0 unspecified atom stereocenters. The maximum Gasteiger partial charge on any atom is 0.0724 e. The quantitative estimate of drug-likeness (QED) is 0.856. The molecule has 0 atom stereocenters. The summed E-state index contributed by atoms with van der Waals surface area (Å²) in [6.45, 7) is 3.79. The van der Waals surface area contributed by atoms with E-state index in [1.54, 1.807) is 18.6 Å². The molecule has 0 saturated carbocycles. The maximum atomic E-state index is 4.19. The average molecular weight is 219 g/mol. The third-order valence-corrected chi connectivity index (χ3v) is 3.02. The summed E-state index contributed by atoms with van der Waals surface area (Å²) in [4.78, 5) is 10.9. The van der Waals surface area contributed by atoms with E-state index in [9.17, 15) is 0 Å². The van der Waals surface area contributed by atoms with E-state index in [0.717, 1.165) is 18.8 Å². The number of hydrogen-bond donors (Lipinski definition) is 1. The molecular weight excluding hydrogens is 206 g/mol. The third-order valence-electron chi connectivity index (χ3n) is 2.02. The van der Waals surface area contributed by atoms with Crippen molar-refractivity contribution in [1.82, 2.24) is 15.3 Å². The topological polar surface area (TPSA) is 37.8 Å². The van der Waals surface area contributed by atoms with Crippen LogP contribution in [-0.4, -0.2) is 9.97 Å². The molecule has 15 heavy (non-hydrogen) atoms. The number of nitrogens with zero attached hydrogens (tertiary/aromatic N) is 2. The first-order valence-electron chi connectivity index (χ1n) is 4.85. The molecule has 0 amide bonds. The minimum Gasteiger partial charge on any atom is -0.306 e. The standard InChI is InChI=1S/C11H13N3S/c1-9-2-3-11(15-9)8-13-7-10-6-12-4-5-14-10/h2-6,13H,7-8H2,1H3. The second-order valence-electron chi connectivity index (χ2n) is 3.31. The van der Waals surface area contributed by atoms with Crippen molar-refractivity contribution in [3.05, 3.63) is 46.2 Å². The van der Waals surface area contributed by atoms with Gasteiger partial charge in [0.15, 0.2) is 0 Å². The zero-order chi connectivity index (χ0) is 10.5. The van der Waals surface area contributed by atoms with Gasteiger partial charge in [0.1, 0.15) is 0 Å². The molecule has 0 aliphatic heterocycles. The molecule has 1 N–H and O–H groups in total. The van der Waals surface area contributed by atoms with Crippen LogP contribution in [0.25, 0.3) is 0 Å². The summed E-state index contributed by atoms with van der Waals surface area (Å²) >= 11 is 1.82. The van der Waals surface area contributed by atoms with Crippen molar-refractivity contribution in [2.24, 2.45) is 0 Å². The van der Waals surface area contributed by atoms with Gasteiger partial charge in [-0.1, -0.05) is 0 Å². The summed E-state index contributed by atoms with van der Waals surface area (Å²) in [6, 6.07) is 4.30. The molecule has 2 aromatic heterocycles. The van der Waals surface area contributed by atoms with Crippen LogP contribution in [0.2, 0.25) is 0 Å². The number of hydrogen-bond acceptors (Lipinski definition) is 4. The van der Waals surface area contributed by atoms with Crippen LogP contribution in [0.1, 0.15) is 15.4 Å². The maximum absolute atomic E-state index is 4.19. The van der Waals surface area contributed by atoms with Crippen molar-refractivity contribution >= 4 is 11.3 Å². The van der Waals surface area contributed by atoms with Crippen molar-refractivity contribution in [3.8, 4) is 0 Å². The van der Waals surface area contributed by atoms with Crippen molar-refractivity contribution in [1.29, 1.82) is 0 Å². The zero-order valence-electron chi connectivity index (χ0n) is 8.60. The molecule has 0 bridgehead atoms. The first-order valence-corrected chi connectivity index (χ1v) is 5.67. The first kappa shape index (κ1) is 10.3. The van der Waals surface area contributed by atoms with Crippen LogP contribution < -0.4 is 5.32 Å². The van der Waals surface area contributed by atoms with Gasteiger partial charge >= 0.3 is 0 Å². The van der Waals surface area contributed by atoms with Crippen LogP contribution in [0, 0.1) is 6.92 Å². The number of thiophene rings is 1. The molecule has 0 aliphatic rings. The fraction of sp³-hybridized carbons (Fsp3) is 0.273. The van der Waals surface area contributed by atoms with Gasteiger partial charge in [-0.3, -0.25) is 9.97 Å². The number of aromatic nitrogens is 2. The smallest absolute Gasteiger partial charge is 0.0724 e. The van der Waals surface area contributed by atoms with Crippen LogP contribution in [-0.2, 0) is 13.1 Å². The molecule has 3 nitrogen and oxygen atoms in total. The Balaban J connectivity index is 1.80. The summed E-state index contributed by atoms with van der Waals surface area (Å²) in [7, 11) is 0. The van der Waals surface area contributed by atoms with Gasteiger partial charge < -0.3 is 5.32 Å². The molecular formula is C11H13N3S. The molecule has 0 fully saturated rings. The van der Waals surface area contributed by atoms with E-state index >= 15 is 0 Å². The van der Waals surface area contributed by atoms with Crippen LogP contribution in [0.15, 0.2) is 30.7 Å². The summed E-state index contributed by atoms with van der Waals surface area (Å²) in [5, 5.41) is 3.34. The van der Waals surface area contributed by atoms with Gasteiger partial charge in [-0.25, -0.2) is 0 Å². The fourth-order valence-corrected chi connectivity index (χ4v) is 2.18. The monoisotopic (exact) mass is 219 g/mol. The van der Waals surface area contributed by atoms with E-state index in [-0.39, 0.29) is 0 Å². The summed E-state index contributed by atoms with van der Waals surface area (Å²) in [6.07, 6.45) is 5.19. The minimum absolute atomic E-state index is 0.769. The molecule has 0 aliphatic carbocycles. The molecule has 0 spiro atoms. The SMILES string of the molecule is Cc1ccc(CNCc2cnccn2)s1. The highest BCUT2D eigenvalue weighted by Crippen LogP contribution is 2.14. The molecule has 0 radical (unpaired) electrons. The highest BCUT2D eigenvalue weighted by Gasteiger charge is 1.97. The van der Waals surface area contributed by atoms with Gasteiger partial charge in [0, 0.05) is 41.4 Å². The number of nitrogens with one attached hydrogen (secondary N) is 1. The lowest BCUT2D eigenvalue weighted by Gasteiger charge is -2.01. The average Bonchev–Trinajstić information content (AvgIpc) is 2.66. The van der Waals surface area contributed by atoms with E-state index < -0.39 is 0 Å². The highest BCUT2D eigenvalue weighted by atomic mass is 32.1. The van der Waals surface area contributed by atoms with Crippen LogP contribution in [0.5, 0.6) is 0 Å². The molecule has 4 heteroatoms. The first-order chi connectivity index (χ1) is 7.34. The molecule has 2 aromatic rings.